The smallest absolute Gasteiger partial charge is 0.271 e. The van der Waals surface area contributed by atoms with Crippen LogP contribution in [0.4, 0.5) is 5.69 Å². The fraction of sp³-hybridized carbons (Fsp3) is 0.238. The topological polar surface area (TPSA) is 46.6 Å². The van der Waals surface area contributed by atoms with Gasteiger partial charge in [-0.1, -0.05) is 41.9 Å². The van der Waals surface area contributed by atoms with Gasteiger partial charge in [0.15, 0.2) is 5.60 Å². The summed E-state index contributed by atoms with van der Waals surface area (Å²) in [5, 5.41) is 0.552. The summed E-state index contributed by atoms with van der Waals surface area (Å²) >= 11 is 5.94. The molecule has 2 fully saturated rings. The van der Waals surface area contributed by atoms with Crippen molar-refractivity contribution >= 4 is 35.2 Å². The van der Waals surface area contributed by atoms with Gasteiger partial charge in [-0.2, -0.15) is 0 Å². The number of nitrogens with zero attached hydrogens (tertiary/aromatic N) is 1. The average molecular weight is 368 g/mol. The van der Waals surface area contributed by atoms with Gasteiger partial charge < -0.3 is 4.74 Å². The number of anilines is 1. The third kappa shape index (κ3) is 2.75. The van der Waals surface area contributed by atoms with E-state index in [4.69, 9.17) is 16.3 Å². The summed E-state index contributed by atoms with van der Waals surface area (Å²) in [6.45, 7) is 0.472. The number of halogens is 1. The van der Waals surface area contributed by atoms with Crippen LogP contribution in [0.15, 0.2) is 60.2 Å². The van der Waals surface area contributed by atoms with Gasteiger partial charge in [-0.05, 0) is 55.2 Å². The predicted octanol–water partition coefficient (Wildman–Crippen LogP) is 4.24. The van der Waals surface area contributed by atoms with Gasteiger partial charge >= 0.3 is 0 Å². The fourth-order valence-electron chi connectivity index (χ4n) is 3.58. The molecule has 2 aliphatic rings. The Morgan fingerprint density at radius 3 is 2.38 bits per heavy atom. The highest BCUT2D eigenvalue weighted by molar-refractivity contribution is 6.34. The molecule has 0 N–H and O–H groups in total. The van der Waals surface area contributed by atoms with Crippen LogP contribution in [0.5, 0.6) is 0 Å². The first-order chi connectivity index (χ1) is 12.6. The zero-order chi connectivity index (χ0) is 18.1. The van der Waals surface area contributed by atoms with Crippen molar-refractivity contribution in [1.82, 2.24) is 0 Å². The molecule has 1 unspecified atom stereocenters. The van der Waals surface area contributed by atoms with Gasteiger partial charge in [0.2, 0.25) is 0 Å². The van der Waals surface area contributed by atoms with Gasteiger partial charge in [-0.3, -0.25) is 9.59 Å². The molecule has 2 heterocycles. The Kier molecular flexibility index (Phi) is 4.39. The van der Waals surface area contributed by atoms with Crippen LogP contribution in [-0.4, -0.2) is 24.0 Å². The van der Waals surface area contributed by atoms with E-state index in [1.165, 1.54) is 4.90 Å². The van der Waals surface area contributed by atoms with Crippen LogP contribution in [-0.2, 0) is 14.3 Å². The zero-order valence-electron chi connectivity index (χ0n) is 14.2. The molecule has 2 amide bonds. The molecule has 26 heavy (non-hydrogen) atoms. The second kappa shape index (κ2) is 6.71. The molecular weight excluding hydrogens is 350 g/mol. The van der Waals surface area contributed by atoms with E-state index in [9.17, 15) is 9.59 Å². The van der Waals surface area contributed by atoms with E-state index in [1.54, 1.807) is 30.3 Å². The highest BCUT2D eigenvalue weighted by atomic mass is 35.5. The Balaban J connectivity index is 1.83. The molecular formula is C21H18ClNO3. The van der Waals surface area contributed by atoms with Crippen LogP contribution in [0, 0.1) is 0 Å². The maximum Gasteiger partial charge on any atom is 0.271 e. The maximum absolute atomic E-state index is 13.3. The van der Waals surface area contributed by atoms with Gasteiger partial charge in [-0.25, -0.2) is 4.90 Å². The van der Waals surface area contributed by atoms with Crippen LogP contribution in [0.25, 0.3) is 6.08 Å². The number of carbonyl (C=O) groups is 2. The summed E-state index contributed by atoms with van der Waals surface area (Å²) in [5.74, 6) is -0.644. The first-order valence-electron chi connectivity index (χ1n) is 8.67. The average Bonchev–Trinajstić information content (AvgIpc) is 2.86. The molecule has 2 aliphatic heterocycles. The number of benzene rings is 2. The first-order valence-corrected chi connectivity index (χ1v) is 9.05. The van der Waals surface area contributed by atoms with Crippen molar-refractivity contribution in [2.75, 3.05) is 11.5 Å². The molecule has 1 spiro atoms. The molecule has 5 heteroatoms. The Labute approximate surface area is 157 Å². The molecule has 0 bridgehead atoms. The lowest BCUT2D eigenvalue weighted by Crippen LogP contribution is -2.45. The zero-order valence-corrected chi connectivity index (χ0v) is 14.9. The molecule has 0 radical (unpaired) electrons. The molecule has 1 atom stereocenters. The normalized spacial score (nSPS) is 24.7. The van der Waals surface area contributed by atoms with Crippen LogP contribution in [0.1, 0.15) is 24.8 Å². The summed E-state index contributed by atoms with van der Waals surface area (Å²) in [7, 11) is 0. The molecule has 2 saturated heterocycles. The molecule has 0 aromatic heterocycles. The molecule has 2 aromatic carbocycles. The lowest BCUT2D eigenvalue weighted by atomic mass is 9.87. The Hall–Kier alpha value is -2.43. The minimum Gasteiger partial charge on any atom is -0.360 e. The molecule has 2 aromatic rings. The number of hydrogen-bond acceptors (Lipinski definition) is 3. The minimum atomic E-state index is -1.19. The Morgan fingerprint density at radius 2 is 1.73 bits per heavy atom. The van der Waals surface area contributed by atoms with Crippen molar-refractivity contribution < 1.29 is 14.3 Å². The van der Waals surface area contributed by atoms with Crippen molar-refractivity contribution in [2.45, 2.75) is 24.9 Å². The Morgan fingerprint density at radius 1 is 1.00 bits per heavy atom. The maximum atomic E-state index is 13.3. The standard InChI is InChI=1S/C21H18ClNO3/c22-16-8-10-17(11-9-16)23-19(24)18(14-15-6-2-1-3-7-15)21(20(23)25)12-4-5-13-26-21/h1-3,6-11,14H,4-5,12-13H2. The molecule has 4 rings (SSSR count). The highest BCUT2D eigenvalue weighted by Crippen LogP contribution is 2.42. The van der Waals surface area contributed by atoms with E-state index in [1.807, 2.05) is 30.3 Å². The van der Waals surface area contributed by atoms with E-state index in [0.717, 1.165) is 18.4 Å². The number of rotatable bonds is 2. The summed E-state index contributed by atoms with van der Waals surface area (Å²) in [4.78, 5) is 27.7. The molecule has 4 nitrogen and oxygen atoms in total. The van der Waals surface area contributed by atoms with Gasteiger partial charge in [0.1, 0.15) is 0 Å². The lowest BCUT2D eigenvalue weighted by Gasteiger charge is -2.32. The second-order valence-electron chi connectivity index (χ2n) is 6.52. The number of ether oxygens (including phenoxy) is 1. The van der Waals surface area contributed by atoms with E-state index in [-0.39, 0.29) is 11.8 Å². The monoisotopic (exact) mass is 367 g/mol. The largest absolute Gasteiger partial charge is 0.360 e. The SMILES string of the molecule is O=C1C(=Cc2ccccc2)C2(CCCCO2)C(=O)N1c1ccc(Cl)cc1. The van der Waals surface area contributed by atoms with E-state index >= 15 is 0 Å². The quantitative estimate of drug-likeness (QED) is 0.589. The Bertz CT molecular complexity index is 868. The van der Waals surface area contributed by atoms with Gasteiger partial charge in [0.25, 0.3) is 11.8 Å². The minimum absolute atomic E-state index is 0.313. The highest BCUT2D eigenvalue weighted by Gasteiger charge is 2.57. The van der Waals surface area contributed by atoms with Gasteiger partial charge in [-0.15, -0.1) is 0 Å². The van der Waals surface area contributed by atoms with E-state index in [0.29, 0.717) is 29.3 Å². The van der Waals surface area contributed by atoms with E-state index in [2.05, 4.69) is 0 Å². The van der Waals surface area contributed by atoms with E-state index < -0.39 is 5.60 Å². The fourth-order valence-corrected chi connectivity index (χ4v) is 3.70. The van der Waals surface area contributed by atoms with Crippen molar-refractivity contribution in [3.63, 3.8) is 0 Å². The third-order valence-corrected chi connectivity index (χ3v) is 5.14. The van der Waals surface area contributed by atoms with Crippen LogP contribution in [0.2, 0.25) is 5.02 Å². The van der Waals surface area contributed by atoms with Crippen molar-refractivity contribution in [3.05, 3.63) is 70.8 Å². The van der Waals surface area contributed by atoms with Crippen LogP contribution >= 0.6 is 11.6 Å². The predicted molar refractivity (Wildman–Crippen MR) is 101 cm³/mol. The number of carbonyl (C=O) groups excluding carboxylic acids is 2. The van der Waals surface area contributed by atoms with Crippen molar-refractivity contribution in [1.29, 1.82) is 0 Å². The van der Waals surface area contributed by atoms with Crippen LogP contribution in [0.3, 0.4) is 0 Å². The second-order valence-corrected chi connectivity index (χ2v) is 6.96. The number of imide groups is 1. The first kappa shape index (κ1) is 17.0. The number of amides is 2. The molecule has 132 valence electrons. The summed E-state index contributed by atoms with van der Waals surface area (Å²) in [6.07, 6.45) is 4.03. The lowest BCUT2D eigenvalue weighted by molar-refractivity contribution is -0.140. The van der Waals surface area contributed by atoms with Gasteiger partial charge in [0, 0.05) is 11.6 Å². The van der Waals surface area contributed by atoms with Gasteiger partial charge in [0.05, 0.1) is 11.3 Å². The third-order valence-electron chi connectivity index (χ3n) is 4.88. The van der Waals surface area contributed by atoms with Crippen LogP contribution < -0.4 is 4.90 Å². The van der Waals surface area contributed by atoms with Crippen molar-refractivity contribution in [3.8, 4) is 0 Å². The summed E-state index contributed by atoms with van der Waals surface area (Å²) in [6, 6.07) is 16.2. The summed E-state index contributed by atoms with van der Waals surface area (Å²) < 4.78 is 5.96. The number of hydrogen-bond donors (Lipinski definition) is 0. The molecule has 0 aliphatic carbocycles. The summed E-state index contributed by atoms with van der Waals surface area (Å²) in [5.41, 5.74) is 0.595. The van der Waals surface area contributed by atoms with Crippen molar-refractivity contribution in [2.24, 2.45) is 0 Å². The molecule has 0 saturated carbocycles.